The summed E-state index contributed by atoms with van der Waals surface area (Å²) >= 11 is 0. The molecule has 1 N–H and O–H groups in total. The van der Waals surface area contributed by atoms with Gasteiger partial charge in [-0.1, -0.05) is 74.5 Å². The normalized spacial score (nSPS) is 23.0. The maximum atomic E-state index is 12.7. The second-order valence-corrected chi connectivity index (χ2v) is 6.92. The highest BCUT2D eigenvalue weighted by Crippen LogP contribution is 2.45. The van der Waals surface area contributed by atoms with Gasteiger partial charge in [0.2, 0.25) is 0 Å². The number of rotatable bonds is 4. The Balaban J connectivity index is 1.82. The summed E-state index contributed by atoms with van der Waals surface area (Å²) in [5, 5.41) is 11.5. The van der Waals surface area contributed by atoms with Crippen molar-refractivity contribution in [3.63, 3.8) is 0 Å². The van der Waals surface area contributed by atoms with Gasteiger partial charge in [-0.05, 0) is 17.9 Å². The average Bonchev–Trinajstić information content (AvgIpc) is 3.00. The fraction of sp³-hybridized carbons (Fsp3) is 0.381. The molecule has 2 atom stereocenters. The van der Waals surface area contributed by atoms with Crippen molar-refractivity contribution in [2.75, 3.05) is 6.54 Å². The van der Waals surface area contributed by atoms with Crippen LogP contribution in [0.1, 0.15) is 31.4 Å². The highest BCUT2D eigenvalue weighted by Gasteiger charge is 2.52. The summed E-state index contributed by atoms with van der Waals surface area (Å²) in [7, 11) is 0. The van der Waals surface area contributed by atoms with E-state index in [1.807, 2.05) is 60.7 Å². The fourth-order valence-corrected chi connectivity index (χ4v) is 3.72. The third-order valence-corrected chi connectivity index (χ3v) is 5.02. The zero-order valence-electron chi connectivity index (χ0n) is 14.8. The molecule has 132 valence electrons. The van der Waals surface area contributed by atoms with E-state index in [2.05, 4.69) is 13.8 Å². The molecule has 0 bridgehead atoms. The van der Waals surface area contributed by atoms with Crippen molar-refractivity contribution in [3.8, 4) is 0 Å². The van der Waals surface area contributed by atoms with Gasteiger partial charge in [0, 0.05) is 18.0 Å². The first-order valence-corrected chi connectivity index (χ1v) is 8.79. The lowest BCUT2D eigenvalue weighted by Crippen LogP contribution is -2.49. The Kier molecular flexibility index (Phi) is 5.09. The monoisotopic (exact) mass is 339 g/mol. The molecule has 0 saturated carbocycles. The third kappa shape index (κ3) is 3.40. The molecule has 1 aliphatic rings. The molecule has 0 aliphatic carbocycles. The van der Waals surface area contributed by atoms with Crippen LogP contribution in [0.2, 0.25) is 0 Å². The number of likely N-dealkylation sites (tertiary alicyclic amines) is 1. The van der Waals surface area contributed by atoms with Crippen molar-refractivity contribution >= 4 is 6.09 Å². The Morgan fingerprint density at radius 1 is 1.16 bits per heavy atom. The zero-order chi connectivity index (χ0) is 17.9. The summed E-state index contributed by atoms with van der Waals surface area (Å²) in [5.41, 5.74) is 0.338. The van der Waals surface area contributed by atoms with Crippen LogP contribution in [0, 0.1) is 11.8 Å². The Bertz CT molecular complexity index is 702. The van der Waals surface area contributed by atoms with Gasteiger partial charge < -0.3 is 9.84 Å². The van der Waals surface area contributed by atoms with Crippen molar-refractivity contribution in [1.82, 2.24) is 4.90 Å². The molecule has 25 heavy (non-hydrogen) atoms. The summed E-state index contributed by atoms with van der Waals surface area (Å²) < 4.78 is 5.48. The van der Waals surface area contributed by atoms with Gasteiger partial charge >= 0.3 is 6.09 Å². The predicted octanol–water partition coefficient (Wildman–Crippen LogP) is 4.15. The predicted molar refractivity (Wildman–Crippen MR) is 96.6 cm³/mol. The van der Waals surface area contributed by atoms with E-state index < -0.39 is 11.8 Å². The largest absolute Gasteiger partial charge is 0.444 e. The van der Waals surface area contributed by atoms with Gasteiger partial charge in [0.15, 0.2) is 5.72 Å². The van der Waals surface area contributed by atoms with Crippen molar-refractivity contribution in [1.29, 1.82) is 0 Å². The average molecular weight is 339 g/mol. The molecule has 1 amide bonds. The van der Waals surface area contributed by atoms with Gasteiger partial charge in [0.25, 0.3) is 0 Å². The number of benzene rings is 2. The number of ether oxygens (including phenoxy) is 1. The molecule has 2 aromatic carbocycles. The molecule has 1 heterocycles. The van der Waals surface area contributed by atoms with Crippen LogP contribution in [-0.2, 0) is 17.1 Å². The molecular formula is C21H25NO3. The lowest BCUT2D eigenvalue weighted by molar-refractivity contribution is -0.118. The first-order valence-electron chi connectivity index (χ1n) is 8.79. The minimum atomic E-state index is -1.33. The molecule has 0 radical (unpaired) electrons. The molecule has 1 fully saturated rings. The first kappa shape index (κ1) is 17.5. The van der Waals surface area contributed by atoms with E-state index in [0.717, 1.165) is 17.5 Å². The summed E-state index contributed by atoms with van der Waals surface area (Å²) in [6.45, 7) is 4.85. The Hall–Kier alpha value is -2.33. The van der Waals surface area contributed by atoms with Crippen LogP contribution in [0.3, 0.4) is 0 Å². The molecule has 4 nitrogen and oxygen atoms in total. The van der Waals surface area contributed by atoms with Gasteiger partial charge in [-0.3, -0.25) is 4.90 Å². The lowest BCUT2D eigenvalue weighted by Gasteiger charge is -2.39. The van der Waals surface area contributed by atoms with E-state index in [1.165, 1.54) is 4.90 Å². The van der Waals surface area contributed by atoms with E-state index in [4.69, 9.17) is 4.74 Å². The highest BCUT2D eigenvalue weighted by atomic mass is 16.6. The van der Waals surface area contributed by atoms with Crippen molar-refractivity contribution in [2.45, 2.75) is 32.6 Å². The van der Waals surface area contributed by atoms with Crippen LogP contribution in [0.4, 0.5) is 4.79 Å². The van der Waals surface area contributed by atoms with E-state index in [0.29, 0.717) is 6.54 Å². The van der Waals surface area contributed by atoms with Gasteiger partial charge in [-0.2, -0.15) is 0 Å². The van der Waals surface area contributed by atoms with Gasteiger partial charge in [-0.15, -0.1) is 0 Å². The Labute approximate surface area is 149 Å². The number of hydrogen-bond donors (Lipinski definition) is 1. The third-order valence-electron chi connectivity index (χ3n) is 5.02. The molecular weight excluding hydrogens is 314 g/mol. The number of carbonyl (C=O) groups excluding carboxylic acids is 1. The molecule has 0 spiro atoms. The van der Waals surface area contributed by atoms with Crippen LogP contribution in [0.15, 0.2) is 60.7 Å². The summed E-state index contributed by atoms with van der Waals surface area (Å²) in [6.07, 6.45) is 0.280. The number of amides is 1. The standard InChI is InChI=1S/C21H25NO3/c1-16(2)19-13-14-22(21(19,24)18-11-7-4-8-12-18)20(23)25-15-17-9-5-3-6-10-17/h3-12,16,19,24H,13-15H2,1-2H3/t19-,21+/m0/s1. The molecule has 3 rings (SSSR count). The Morgan fingerprint density at radius 3 is 2.36 bits per heavy atom. The SMILES string of the molecule is CC(C)[C@@H]1CCN(C(=O)OCc2ccccc2)[C@@]1(O)c1ccccc1. The van der Waals surface area contributed by atoms with Crippen LogP contribution in [0.5, 0.6) is 0 Å². The molecule has 1 saturated heterocycles. The van der Waals surface area contributed by atoms with Crippen LogP contribution >= 0.6 is 0 Å². The number of nitrogens with zero attached hydrogens (tertiary/aromatic N) is 1. The Morgan fingerprint density at radius 2 is 1.76 bits per heavy atom. The van der Waals surface area contributed by atoms with Gasteiger partial charge in [-0.25, -0.2) is 4.79 Å². The van der Waals surface area contributed by atoms with Gasteiger partial charge in [0.1, 0.15) is 6.61 Å². The van der Waals surface area contributed by atoms with Crippen molar-refractivity contribution < 1.29 is 14.6 Å². The lowest BCUT2D eigenvalue weighted by atomic mass is 9.82. The topological polar surface area (TPSA) is 49.8 Å². The minimum Gasteiger partial charge on any atom is -0.444 e. The number of carbonyl (C=O) groups is 1. The summed E-state index contributed by atoms with van der Waals surface area (Å²) in [5.74, 6) is 0.219. The van der Waals surface area contributed by atoms with Crippen LogP contribution < -0.4 is 0 Å². The second-order valence-electron chi connectivity index (χ2n) is 6.92. The summed E-state index contributed by atoms with van der Waals surface area (Å²) in [4.78, 5) is 14.2. The minimum absolute atomic E-state index is 0.0285. The molecule has 0 aromatic heterocycles. The van der Waals surface area contributed by atoms with Crippen molar-refractivity contribution in [3.05, 3.63) is 71.8 Å². The van der Waals surface area contributed by atoms with Crippen LogP contribution in [-0.4, -0.2) is 22.6 Å². The molecule has 4 heteroatoms. The van der Waals surface area contributed by atoms with Gasteiger partial charge in [0.05, 0.1) is 0 Å². The maximum absolute atomic E-state index is 12.7. The fourth-order valence-electron chi connectivity index (χ4n) is 3.72. The molecule has 1 aliphatic heterocycles. The number of hydrogen-bond acceptors (Lipinski definition) is 3. The smallest absolute Gasteiger partial charge is 0.412 e. The maximum Gasteiger partial charge on any atom is 0.412 e. The molecule has 2 aromatic rings. The van der Waals surface area contributed by atoms with E-state index >= 15 is 0 Å². The summed E-state index contributed by atoms with van der Waals surface area (Å²) in [6, 6.07) is 19.0. The zero-order valence-corrected chi connectivity index (χ0v) is 14.8. The van der Waals surface area contributed by atoms with E-state index in [9.17, 15) is 9.90 Å². The second kappa shape index (κ2) is 7.28. The van der Waals surface area contributed by atoms with E-state index in [-0.39, 0.29) is 18.4 Å². The number of aliphatic hydroxyl groups is 1. The van der Waals surface area contributed by atoms with E-state index in [1.54, 1.807) is 0 Å². The molecule has 0 unspecified atom stereocenters. The highest BCUT2D eigenvalue weighted by molar-refractivity contribution is 5.69. The van der Waals surface area contributed by atoms with Crippen molar-refractivity contribution in [2.24, 2.45) is 11.8 Å². The van der Waals surface area contributed by atoms with Crippen LogP contribution in [0.25, 0.3) is 0 Å². The quantitative estimate of drug-likeness (QED) is 0.910. The first-order chi connectivity index (χ1) is 12.0.